The zero-order chi connectivity index (χ0) is 16.7. The first-order chi connectivity index (χ1) is 11.1. The van der Waals surface area contributed by atoms with E-state index in [-0.39, 0.29) is 17.8 Å². The molecular formula is C15H24N4O3S. The first-order valence-electron chi connectivity index (χ1n) is 8.12. The fourth-order valence-corrected chi connectivity index (χ4v) is 3.25. The third-order valence-corrected chi connectivity index (χ3v) is 4.62. The van der Waals surface area contributed by atoms with Gasteiger partial charge in [-0.05, 0) is 26.2 Å². The molecule has 0 aromatic carbocycles. The molecule has 1 fully saturated rings. The third kappa shape index (κ3) is 5.23. The van der Waals surface area contributed by atoms with E-state index in [2.05, 4.69) is 22.1 Å². The van der Waals surface area contributed by atoms with Crippen LogP contribution >= 0.6 is 11.8 Å². The number of carbonyl (C=O) groups excluding carboxylic acids is 2. The minimum absolute atomic E-state index is 0.0687. The Morgan fingerprint density at radius 2 is 2.09 bits per heavy atom. The van der Waals surface area contributed by atoms with Gasteiger partial charge in [0, 0.05) is 19.5 Å². The van der Waals surface area contributed by atoms with Crippen LogP contribution in [0.3, 0.4) is 0 Å². The van der Waals surface area contributed by atoms with Crippen molar-refractivity contribution in [2.75, 3.05) is 25.4 Å². The largest absolute Gasteiger partial charge is 0.466 e. The van der Waals surface area contributed by atoms with Gasteiger partial charge in [-0.3, -0.25) is 14.7 Å². The maximum atomic E-state index is 12.2. The molecule has 0 spiro atoms. The minimum Gasteiger partial charge on any atom is -0.466 e. The number of thioether (sulfide) groups is 1. The van der Waals surface area contributed by atoms with Crippen molar-refractivity contribution < 1.29 is 14.3 Å². The van der Waals surface area contributed by atoms with E-state index in [0.29, 0.717) is 43.4 Å². The number of piperidine rings is 1. The number of aromatic amines is 1. The Morgan fingerprint density at radius 3 is 2.74 bits per heavy atom. The summed E-state index contributed by atoms with van der Waals surface area (Å²) < 4.78 is 5.04. The number of likely N-dealkylation sites (tertiary alicyclic amines) is 1. The number of hydrogen-bond donors (Lipinski definition) is 1. The standard InChI is InChI=1S/C15H24N4O3S/c1-3-5-12-16-15(18-17-12)23-10-13(20)19-8-6-11(7-9-19)14(21)22-4-2/h11H,3-10H2,1-2H3,(H,16,17,18). The lowest BCUT2D eigenvalue weighted by Crippen LogP contribution is -2.41. The van der Waals surface area contributed by atoms with Gasteiger partial charge in [-0.15, -0.1) is 5.10 Å². The van der Waals surface area contributed by atoms with Gasteiger partial charge < -0.3 is 9.64 Å². The third-order valence-electron chi connectivity index (χ3n) is 3.79. The summed E-state index contributed by atoms with van der Waals surface area (Å²) in [4.78, 5) is 30.1. The summed E-state index contributed by atoms with van der Waals surface area (Å²) in [5, 5.41) is 7.60. The fourth-order valence-electron chi connectivity index (χ4n) is 2.53. The van der Waals surface area contributed by atoms with Crippen molar-refractivity contribution in [1.29, 1.82) is 0 Å². The Morgan fingerprint density at radius 1 is 1.35 bits per heavy atom. The first kappa shape index (κ1) is 17.8. The molecule has 0 saturated carbocycles. The van der Waals surface area contributed by atoms with Crippen LogP contribution in [0.2, 0.25) is 0 Å². The summed E-state index contributed by atoms with van der Waals surface area (Å²) in [6, 6.07) is 0. The number of ether oxygens (including phenoxy) is 1. The van der Waals surface area contributed by atoms with Crippen molar-refractivity contribution in [3.63, 3.8) is 0 Å². The SMILES string of the molecule is CCCc1nc(SCC(=O)N2CCC(C(=O)OCC)CC2)n[nH]1. The lowest BCUT2D eigenvalue weighted by atomic mass is 9.97. The zero-order valence-electron chi connectivity index (χ0n) is 13.7. The van der Waals surface area contributed by atoms with Crippen LogP contribution in [-0.2, 0) is 20.7 Å². The highest BCUT2D eigenvalue weighted by molar-refractivity contribution is 7.99. The maximum absolute atomic E-state index is 12.2. The molecule has 0 atom stereocenters. The highest BCUT2D eigenvalue weighted by atomic mass is 32.2. The second kappa shape index (κ2) is 8.90. The minimum atomic E-state index is -0.141. The number of carbonyl (C=O) groups is 2. The van der Waals surface area contributed by atoms with Crippen LogP contribution < -0.4 is 0 Å². The fraction of sp³-hybridized carbons (Fsp3) is 0.733. The van der Waals surface area contributed by atoms with Gasteiger partial charge in [-0.2, -0.15) is 0 Å². The Hall–Kier alpha value is -1.57. The van der Waals surface area contributed by atoms with Gasteiger partial charge in [0.2, 0.25) is 11.1 Å². The number of nitrogens with one attached hydrogen (secondary N) is 1. The molecule has 1 N–H and O–H groups in total. The van der Waals surface area contributed by atoms with Crippen molar-refractivity contribution in [2.45, 2.75) is 44.7 Å². The lowest BCUT2D eigenvalue weighted by Gasteiger charge is -2.30. The topological polar surface area (TPSA) is 88.2 Å². The Kier molecular flexibility index (Phi) is 6.88. The van der Waals surface area contributed by atoms with E-state index >= 15 is 0 Å². The summed E-state index contributed by atoms with van der Waals surface area (Å²) in [6.45, 7) is 5.52. The highest BCUT2D eigenvalue weighted by Gasteiger charge is 2.28. The van der Waals surface area contributed by atoms with Crippen LogP contribution in [0.15, 0.2) is 5.16 Å². The molecule has 1 aliphatic heterocycles. The summed E-state index contributed by atoms with van der Waals surface area (Å²) in [5.74, 6) is 1.04. The van der Waals surface area contributed by atoms with Crippen molar-refractivity contribution >= 4 is 23.6 Å². The lowest BCUT2D eigenvalue weighted by molar-refractivity contribution is -0.151. The molecular weight excluding hydrogens is 316 g/mol. The molecule has 0 unspecified atom stereocenters. The van der Waals surface area contributed by atoms with Crippen molar-refractivity contribution in [3.8, 4) is 0 Å². The number of aryl methyl sites for hydroxylation is 1. The van der Waals surface area contributed by atoms with Crippen LogP contribution in [0.1, 0.15) is 38.9 Å². The second-order valence-corrected chi connectivity index (χ2v) is 6.45. The Balaban J connectivity index is 1.73. The van der Waals surface area contributed by atoms with Gasteiger partial charge >= 0.3 is 5.97 Å². The number of esters is 1. The maximum Gasteiger partial charge on any atom is 0.309 e. The van der Waals surface area contributed by atoms with E-state index in [1.807, 2.05) is 11.8 Å². The van der Waals surface area contributed by atoms with Gasteiger partial charge in [0.1, 0.15) is 5.82 Å². The molecule has 1 aliphatic rings. The monoisotopic (exact) mass is 340 g/mol. The van der Waals surface area contributed by atoms with Crippen molar-refractivity contribution in [3.05, 3.63) is 5.82 Å². The van der Waals surface area contributed by atoms with Gasteiger partial charge in [-0.1, -0.05) is 18.7 Å². The molecule has 1 aromatic rings. The predicted molar refractivity (Wildman–Crippen MR) is 87.0 cm³/mol. The molecule has 23 heavy (non-hydrogen) atoms. The highest BCUT2D eigenvalue weighted by Crippen LogP contribution is 2.20. The number of amides is 1. The number of hydrogen-bond acceptors (Lipinski definition) is 6. The van der Waals surface area contributed by atoms with Crippen molar-refractivity contribution in [1.82, 2.24) is 20.1 Å². The summed E-state index contributed by atoms with van der Waals surface area (Å²) in [7, 11) is 0. The van der Waals surface area contributed by atoms with E-state index in [1.54, 1.807) is 0 Å². The summed E-state index contributed by atoms with van der Waals surface area (Å²) in [5.41, 5.74) is 0. The summed E-state index contributed by atoms with van der Waals surface area (Å²) >= 11 is 1.35. The molecule has 1 saturated heterocycles. The molecule has 8 heteroatoms. The van der Waals surface area contributed by atoms with Gasteiger partial charge in [-0.25, -0.2) is 4.98 Å². The number of nitrogens with zero attached hydrogens (tertiary/aromatic N) is 3. The Labute approximate surface area is 140 Å². The van der Waals surface area contributed by atoms with E-state index in [9.17, 15) is 9.59 Å². The molecule has 1 amide bonds. The molecule has 2 rings (SSSR count). The average Bonchev–Trinajstić information content (AvgIpc) is 3.01. The van der Waals surface area contributed by atoms with Crippen LogP contribution in [0.25, 0.3) is 0 Å². The molecule has 0 bridgehead atoms. The smallest absolute Gasteiger partial charge is 0.309 e. The van der Waals surface area contributed by atoms with Crippen molar-refractivity contribution in [2.24, 2.45) is 5.92 Å². The Bertz CT molecular complexity index is 527. The quantitative estimate of drug-likeness (QED) is 0.600. The van der Waals surface area contributed by atoms with E-state index < -0.39 is 0 Å². The molecule has 1 aromatic heterocycles. The van der Waals surface area contributed by atoms with Gasteiger partial charge in [0.15, 0.2) is 0 Å². The molecule has 7 nitrogen and oxygen atoms in total. The van der Waals surface area contributed by atoms with Gasteiger partial charge in [0.25, 0.3) is 0 Å². The molecule has 128 valence electrons. The van der Waals surface area contributed by atoms with Crippen LogP contribution in [0.4, 0.5) is 0 Å². The average molecular weight is 340 g/mol. The molecule has 0 radical (unpaired) electrons. The normalized spacial score (nSPS) is 15.7. The van der Waals surface area contributed by atoms with E-state index in [1.165, 1.54) is 11.8 Å². The van der Waals surface area contributed by atoms with E-state index in [4.69, 9.17) is 4.74 Å². The van der Waals surface area contributed by atoms with Crippen LogP contribution in [0.5, 0.6) is 0 Å². The van der Waals surface area contributed by atoms with Gasteiger partial charge in [0.05, 0.1) is 18.3 Å². The molecule has 0 aliphatic carbocycles. The number of rotatable bonds is 7. The first-order valence-corrected chi connectivity index (χ1v) is 9.11. The predicted octanol–water partition coefficient (Wildman–Crippen LogP) is 1.65. The number of aromatic nitrogens is 3. The number of H-pyrrole nitrogens is 1. The van der Waals surface area contributed by atoms with Crippen LogP contribution in [-0.4, -0.2) is 57.4 Å². The van der Waals surface area contributed by atoms with Crippen LogP contribution in [0, 0.1) is 5.92 Å². The van der Waals surface area contributed by atoms with E-state index in [0.717, 1.165) is 18.7 Å². The zero-order valence-corrected chi connectivity index (χ0v) is 14.5. The second-order valence-electron chi connectivity index (χ2n) is 5.51. The molecule has 2 heterocycles. The summed E-state index contributed by atoms with van der Waals surface area (Å²) in [6.07, 6.45) is 3.23.